The zero-order valence-corrected chi connectivity index (χ0v) is 15.0. The maximum atomic E-state index is 12.7. The SMILES string of the molecule is CC(C)c1nnc2ccc(NS(=O)(=O)c3ccc4c(c3)CCC4)cn12. The number of aromatic nitrogens is 3. The molecule has 0 spiro atoms. The number of fused-ring (bicyclic) bond motifs is 2. The van der Waals surface area contributed by atoms with Gasteiger partial charge >= 0.3 is 0 Å². The van der Waals surface area contributed by atoms with Crippen molar-refractivity contribution in [3.63, 3.8) is 0 Å². The number of rotatable bonds is 4. The van der Waals surface area contributed by atoms with E-state index in [9.17, 15) is 8.42 Å². The standard InChI is InChI=1S/C18H20N4O2S/c1-12(2)18-20-19-17-9-7-15(11-22(17)18)21-25(23,24)16-8-6-13-4-3-5-14(13)10-16/h6-12,21H,3-5H2,1-2H3. The first-order chi connectivity index (χ1) is 11.9. The van der Waals surface area contributed by atoms with Gasteiger partial charge in [-0.2, -0.15) is 0 Å². The van der Waals surface area contributed by atoms with Crippen LogP contribution >= 0.6 is 0 Å². The van der Waals surface area contributed by atoms with Crippen LogP contribution in [-0.4, -0.2) is 23.0 Å². The predicted octanol–water partition coefficient (Wildman–Crippen LogP) is 3.14. The number of nitrogens with zero attached hydrogens (tertiary/aromatic N) is 3. The van der Waals surface area contributed by atoms with E-state index in [1.165, 1.54) is 5.56 Å². The van der Waals surface area contributed by atoms with Gasteiger partial charge in [0.1, 0.15) is 5.82 Å². The number of hydrogen-bond acceptors (Lipinski definition) is 4. The summed E-state index contributed by atoms with van der Waals surface area (Å²) in [6.07, 6.45) is 4.80. The molecule has 1 aliphatic rings. The van der Waals surface area contributed by atoms with Crippen molar-refractivity contribution in [2.75, 3.05) is 4.72 Å². The number of hydrogen-bond donors (Lipinski definition) is 1. The smallest absolute Gasteiger partial charge is 0.261 e. The van der Waals surface area contributed by atoms with Crippen LogP contribution in [0, 0.1) is 0 Å². The lowest BCUT2D eigenvalue weighted by molar-refractivity contribution is 0.601. The van der Waals surface area contributed by atoms with Crippen LogP contribution in [0.3, 0.4) is 0 Å². The maximum absolute atomic E-state index is 12.7. The van der Waals surface area contributed by atoms with Crippen molar-refractivity contribution < 1.29 is 8.42 Å². The average Bonchev–Trinajstić information content (AvgIpc) is 3.19. The molecule has 6 nitrogen and oxygen atoms in total. The molecule has 0 unspecified atom stereocenters. The van der Waals surface area contributed by atoms with Gasteiger partial charge in [-0.1, -0.05) is 19.9 Å². The normalized spacial score (nSPS) is 14.2. The van der Waals surface area contributed by atoms with Gasteiger partial charge in [-0.25, -0.2) is 8.42 Å². The molecule has 25 heavy (non-hydrogen) atoms. The minimum Gasteiger partial charge on any atom is -0.284 e. The fraction of sp³-hybridized carbons (Fsp3) is 0.333. The molecule has 0 saturated heterocycles. The molecule has 0 bridgehead atoms. The Morgan fingerprint density at radius 1 is 1.08 bits per heavy atom. The van der Waals surface area contributed by atoms with Gasteiger partial charge in [0.15, 0.2) is 5.65 Å². The minimum atomic E-state index is -3.62. The Morgan fingerprint density at radius 2 is 1.88 bits per heavy atom. The van der Waals surface area contributed by atoms with Crippen molar-refractivity contribution in [3.05, 3.63) is 53.5 Å². The molecule has 7 heteroatoms. The lowest BCUT2D eigenvalue weighted by Crippen LogP contribution is -2.14. The fourth-order valence-electron chi connectivity index (χ4n) is 3.29. The number of benzene rings is 1. The van der Waals surface area contributed by atoms with Crippen molar-refractivity contribution in [2.45, 2.75) is 43.9 Å². The van der Waals surface area contributed by atoms with Crippen LogP contribution in [0.25, 0.3) is 5.65 Å². The van der Waals surface area contributed by atoms with Gasteiger partial charge in [-0.3, -0.25) is 9.12 Å². The Bertz CT molecular complexity index is 1050. The highest BCUT2D eigenvalue weighted by Crippen LogP contribution is 2.26. The fourth-order valence-corrected chi connectivity index (χ4v) is 4.39. The molecule has 0 amide bonds. The van der Waals surface area contributed by atoms with E-state index in [4.69, 9.17) is 0 Å². The molecule has 0 atom stereocenters. The summed E-state index contributed by atoms with van der Waals surface area (Å²) in [6.45, 7) is 4.05. The van der Waals surface area contributed by atoms with Gasteiger partial charge in [-0.05, 0) is 54.7 Å². The summed E-state index contributed by atoms with van der Waals surface area (Å²) >= 11 is 0. The first kappa shape index (κ1) is 16.1. The van der Waals surface area contributed by atoms with E-state index < -0.39 is 10.0 Å². The quantitative estimate of drug-likeness (QED) is 0.779. The first-order valence-electron chi connectivity index (χ1n) is 8.43. The predicted molar refractivity (Wildman–Crippen MR) is 96.4 cm³/mol. The Hall–Kier alpha value is -2.41. The minimum absolute atomic E-state index is 0.193. The number of sulfonamides is 1. The van der Waals surface area contributed by atoms with E-state index in [1.807, 2.05) is 24.3 Å². The van der Waals surface area contributed by atoms with Crippen LogP contribution in [0.2, 0.25) is 0 Å². The number of nitrogens with one attached hydrogen (secondary N) is 1. The third-order valence-electron chi connectivity index (χ3n) is 4.58. The maximum Gasteiger partial charge on any atom is 0.261 e. The van der Waals surface area contributed by atoms with E-state index in [1.54, 1.807) is 30.5 Å². The van der Waals surface area contributed by atoms with Gasteiger partial charge in [-0.15, -0.1) is 10.2 Å². The molecule has 2 aromatic heterocycles. The molecule has 4 rings (SSSR count). The lowest BCUT2D eigenvalue weighted by atomic mass is 10.1. The van der Waals surface area contributed by atoms with E-state index in [2.05, 4.69) is 14.9 Å². The van der Waals surface area contributed by atoms with Crippen molar-refractivity contribution >= 4 is 21.4 Å². The zero-order valence-electron chi connectivity index (χ0n) is 14.2. The summed E-state index contributed by atoms with van der Waals surface area (Å²) in [4.78, 5) is 0.307. The van der Waals surface area contributed by atoms with Crippen LogP contribution < -0.4 is 4.72 Å². The van der Waals surface area contributed by atoms with E-state index in [0.29, 0.717) is 16.2 Å². The molecule has 130 valence electrons. The number of pyridine rings is 1. The molecule has 1 aliphatic carbocycles. The first-order valence-corrected chi connectivity index (χ1v) is 9.92. The Labute approximate surface area is 147 Å². The Morgan fingerprint density at radius 3 is 2.68 bits per heavy atom. The molecule has 0 radical (unpaired) electrons. The van der Waals surface area contributed by atoms with Crippen LogP contribution in [0.5, 0.6) is 0 Å². The van der Waals surface area contributed by atoms with Gasteiger partial charge in [0.2, 0.25) is 0 Å². The molecule has 3 aromatic rings. The number of aryl methyl sites for hydroxylation is 2. The Balaban J connectivity index is 1.69. The molecule has 2 heterocycles. The summed E-state index contributed by atoms with van der Waals surface area (Å²) in [7, 11) is -3.62. The molecule has 0 saturated carbocycles. The van der Waals surface area contributed by atoms with Crippen molar-refractivity contribution in [1.82, 2.24) is 14.6 Å². The second-order valence-electron chi connectivity index (χ2n) is 6.75. The second kappa shape index (κ2) is 5.84. The largest absolute Gasteiger partial charge is 0.284 e. The van der Waals surface area contributed by atoms with Crippen molar-refractivity contribution in [2.24, 2.45) is 0 Å². The topological polar surface area (TPSA) is 76.4 Å². The zero-order chi connectivity index (χ0) is 17.6. The van der Waals surface area contributed by atoms with Gasteiger partial charge in [0.25, 0.3) is 10.0 Å². The third-order valence-corrected chi connectivity index (χ3v) is 5.96. The molecular formula is C18H20N4O2S. The van der Waals surface area contributed by atoms with E-state index in [0.717, 1.165) is 30.7 Å². The second-order valence-corrected chi connectivity index (χ2v) is 8.43. The highest BCUT2D eigenvalue weighted by molar-refractivity contribution is 7.92. The van der Waals surface area contributed by atoms with Crippen molar-refractivity contribution in [1.29, 1.82) is 0 Å². The van der Waals surface area contributed by atoms with E-state index >= 15 is 0 Å². The summed E-state index contributed by atoms with van der Waals surface area (Å²) in [5.74, 6) is 0.993. The highest BCUT2D eigenvalue weighted by Gasteiger charge is 2.19. The van der Waals surface area contributed by atoms with E-state index in [-0.39, 0.29) is 5.92 Å². The van der Waals surface area contributed by atoms with Crippen LogP contribution in [0.15, 0.2) is 41.4 Å². The van der Waals surface area contributed by atoms with Gasteiger partial charge in [0, 0.05) is 12.1 Å². The third kappa shape index (κ3) is 2.89. The van der Waals surface area contributed by atoms with Crippen LogP contribution in [0.4, 0.5) is 5.69 Å². The van der Waals surface area contributed by atoms with Gasteiger partial charge in [0.05, 0.1) is 10.6 Å². The molecular weight excluding hydrogens is 336 g/mol. The number of anilines is 1. The summed E-state index contributed by atoms with van der Waals surface area (Å²) in [6, 6.07) is 8.88. The average molecular weight is 356 g/mol. The van der Waals surface area contributed by atoms with Crippen LogP contribution in [0.1, 0.15) is 43.1 Å². The summed E-state index contributed by atoms with van der Waals surface area (Å²) in [5.41, 5.74) is 3.59. The molecule has 0 fully saturated rings. The lowest BCUT2D eigenvalue weighted by Gasteiger charge is -2.11. The van der Waals surface area contributed by atoms with Crippen molar-refractivity contribution in [3.8, 4) is 0 Å². The molecule has 1 aromatic carbocycles. The van der Waals surface area contributed by atoms with Crippen LogP contribution in [-0.2, 0) is 22.9 Å². The highest BCUT2D eigenvalue weighted by atomic mass is 32.2. The molecule has 1 N–H and O–H groups in total. The Kier molecular flexibility index (Phi) is 3.76. The molecule has 0 aliphatic heterocycles. The summed E-state index contributed by atoms with van der Waals surface area (Å²) < 4.78 is 30.0. The van der Waals surface area contributed by atoms with Gasteiger partial charge < -0.3 is 0 Å². The summed E-state index contributed by atoms with van der Waals surface area (Å²) in [5, 5.41) is 8.28. The monoisotopic (exact) mass is 356 g/mol.